The number of nitrogens with one attached hydrogen (secondary N) is 1. The second-order valence-corrected chi connectivity index (χ2v) is 10.7. The number of H-pyrrole nitrogens is 1. The Morgan fingerprint density at radius 2 is 1.93 bits per heavy atom. The minimum Gasteiger partial charge on any atom is -0.465 e. The molecule has 1 aromatic heterocycles. The number of thioether (sulfide) groups is 1. The summed E-state index contributed by atoms with van der Waals surface area (Å²) in [5, 5.41) is 8.11. The molecule has 0 saturated carbocycles. The lowest BCUT2D eigenvalue weighted by Gasteiger charge is -2.34. The van der Waals surface area contributed by atoms with Gasteiger partial charge < -0.3 is 9.64 Å². The van der Waals surface area contributed by atoms with Gasteiger partial charge in [-0.3, -0.25) is 19.6 Å². The average molecular weight is 592 g/mol. The molecule has 3 aromatic rings. The van der Waals surface area contributed by atoms with Gasteiger partial charge in [-0.1, -0.05) is 23.7 Å². The molecule has 1 amide bonds. The zero-order chi connectivity index (χ0) is 28.4. The highest BCUT2D eigenvalue weighted by Gasteiger charge is 2.36. The standard InChI is InChI=1S/C27H25ClF3N5O3S/c1-2-39-23(37)15-35-7-9-36(10-8-35)26-33-25(38)24(40-26)20(16-4-6-22-18(11-16)14-32-34-22)12-17-3-5-19(28)13-21(17)27(29,30)31/h3-6,11,13-14H,2,7-10,12,15H2,1H3,(H,32,34). The largest absolute Gasteiger partial charge is 0.465 e. The van der Waals surface area contributed by atoms with Crippen molar-refractivity contribution in [2.24, 2.45) is 4.99 Å². The maximum atomic E-state index is 13.9. The number of aromatic nitrogens is 2. The molecule has 40 heavy (non-hydrogen) atoms. The molecule has 0 atom stereocenters. The summed E-state index contributed by atoms with van der Waals surface area (Å²) in [4.78, 5) is 33.5. The van der Waals surface area contributed by atoms with E-state index in [9.17, 15) is 22.8 Å². The first-order valence-electron chi connectivity index (χ1n) is 12.6. The number of nitrogens with zero attached hydrogens (tertiary/aromatic N) is 4. The molecule has 2 aliphatic heterocycles. The molecule has 8 nitrogen and oxygen atoms in total. The minimum absolute atomic E-state index is 0.00104. The van der Waals surface area contributed by atoms with Gasteiger partial charge in [0.1, 0.15) is 0 Å². The van der Waals surface area contributed by atoms with Crippen molar-refractivity contribution >= 4 is 56.9 Å². The number of aromatic amines is 1. The number of amidine groups is 1. The van der Waals surface area contributed by atoms with Crippen LogP contribution in [0.2, 0.25) is 5.02 Å². The molecule has 0 spiro atoms. The third-order valence-electron chi connectivity index (χ3n) is 6.69. The second-order valence-electron chi connectivity index (χ2n) is 9.33. The van der Waals surface area contributed by atoms with Crippen LogP contribution in [-0.4, -0.2) is 76.4 Å². The fourth-order valence-electron chi connectivity index (χ4n) is 4.71. The number of hydrogen-bond acceptors (Lipinski definition) is 7. The van der Waals surface area contributed by atoms with E-state index in [1.165, 1.54) is 12.1 Å². The summed E-state index contributed by atoms with van der Waals surface area (Å²) in [6.45, 7) is 4.50. The maximum Gasteiger partial charge on any atom is 0.416 e. The number of esters is 1. The first kappa shape index (κ1) is 28.2. The molecule has 2 aliphatic rings. The van der Waals surface area contributed by atoms with Gasteiger partial charge in [0, 0.05) is 36.6 Å². The summed E-state index contributed by atoms with van der Waals surface area (Å²) in [7, 11) is 0. The van der Waals surface area contributed by atoms with E-state index in [-0.39, 0.29) is 34.4 Å². The molecule has 210 valence electrons. The van der Waals surface area contributed by atoms with Crippen molar-refractivity contribution in [2.75, 3.05) is 39.3 Å². The number of carbonyl (C=O) groups excluding carboxylic acids is 2. The van der Waals surface area contributed by atoms with Gasteiger partial charge in [0.05, 0.1) is 35.3 Å². The fraction of sp³-hybridized carbons (Fsp3) is 0.333. The Morgan fingerprint density at radius 1 is 1.15 bits per heavy atom. The summed E-state index contributed by atoms with van der Waals surface area (Å²) in [5.41, 5.74) is 0.950. The van der Waals surface area contributed by atoms with E-state index in [2.05, 4.69) is 15.2 Å². The van der Waals surface area contributed by atoms with Crippen LogP contribution < -0.4 is 0 Å². The first-order chi connectivity index (χ1) is 19.1. The number of piperazine rings is 1. The van der Waals surface area contributed by atoms with Crippen LogP contribution in [0.4, 0.5) is 13.2 Å². The molecule has 0 bridgehead atoms. The highest BCUT2D eigenvalue weighted by atomic mass is 35.5. The minimum atomic E-state index is -4.62. The van der Waals surface area contributed by atoms with Crippen LogP contribution in [0.15, 0.2) is 52.5 Å². The van der Waals surface area contributed by atoms with Crippen molar-refractivity contribution in [3.63, 3.8) is 0 Å². The predicted octanol–water partition coefficient (Wildman–Crippen LogP) is 5.00. The van der Waals surface area contributed by atoms with E-state index in [1.54, 1.807) is 31.3 Å². The van der Waals surface area contributed by atoms with Crippen molar-refractivity contribution in [3.8, 4) is 0 Å². The number of ether oxygens (including phenoxy) is 1. The summed E-state index contributed by atoms with van der Waals surface area (Å²) in [5.74, 6) is -0.789. The van der Waals surface area contributed by atoms with Crippen LogP contribution in [0.5, 0.6) is 0 Å². The van der Waals surface area contributed by atoms with Gasteiger partial charge in [-0.05, 0) is 66.1 Å². The van der Waals surface area contributed by atoms with E-state index in [0.717, 1.165) is 28.7 Å². The highest BCUT2D eigenvalue weighted by molar-refractivity contribution is 8.18. The van der Waals surface area contributed by atoms with Gasteiger partial charge >= 0.3 is 12.1 Å². The topological polar surface area (TPSA) is 90.9 Å². The summed E-state index contributed by atoms with van der Waals surface area (Å²) >= 11 is 7.06. The van der Waals surface area contributed by atoms with Gasteiger partial charge in [0.2, 0.25) is 0 Å². The van der Waals surface area contributed by atoms with Gasteiger partial charge in [0.25, 0.3) is 5.91 Å². The molecule has 5 rings (SSSR count). The number of allylic oxidation sites excluding steroid dienone is 1. The molecule has 0 unspecified atom stereocenters. The molecule has 0 aliphatic carbocycles. The number of aliphatic imine (C=N–C) groups is 1. The quantitative estimate of drug-likeness (QED) is 0.319. The van der Waals surface area contributed by atoms with Gasteiger partial charge in [-0.15, -0.1) is 0 Å². The molecular weight excluding hydrogens is 567 g/mol. The number of hydrogen-bond donors (Lipinski definition) is 1. The normalized spacial score (nSPS) is 17.9. The summed E-state index contributed by atoms with van der Waals surface area (Å²) < 4.78 is 46.8. The number of benzene rings is 2. The van der Waals surface area contributed by atoms with E-state index < -0.39 is 17.6 Å². The zero-order valence-electron chi connectivity index (χ0n) is 21.4. The number of halogens is 4. The monoisotopic (exact) mass is 591 g/mol. The van der Waals surface area contributed by atoms with Gasteiger partial charge in [-0.2, -0.15) is 23.3 Å². The molecule has 1 fully saturated rings. The second kappa shape index (κ2) is 11.6. The Labute approximate surface area is 237 Å². The van der Waals surface area contributed by atoms with Crippen LogP contribution in [-0.2, 0) is 26.9 Å². The molecule has 1 N–H and O–H groups in total. The number of carbonyl (C=O) groups is 2. The Hall–Kier alpha value is -3.35. The van der Waals surface area contributed by atoms with Crippen molar-refractivity contribution in [3.05, 3.63) is 69.2 Å². The average Bonchev–Trinajstić information content (AvgIpc) is 3.54. The zero-order valence-corrected chi connectivity index (χ0v) is 23.0. The molecule has 13 heteroatoms. The smallest absolute Gasteiger partial charge is 0.416 e. The van der Waals surface area contributed by atoms with Crippen molar-refractivity contribution in [1.82, 2.24) is 20.0 Å². The molecule has 3 heterocycles. The van der Waals surface area contributed by atoms with Crippen molar-refractivity contribution in [1.29, 1.82) is 0 Å². The van der Waals surface area contributed by atoms with Crippen LogP contribution >= 0.6 is 23.4 Å². The van der Waals surface area contributed by atoms with Crippen LogP contribution in [0.1, 0.15) is 23.6 Å². The van der Waals surface area contributed by atoms with Crippen LogP contribution in [0.3, 0.4) is 0 Å². The van der Waals surface area contributed by atoms with E-state index >= 15 is 0 Å². The Morgan fingerprint density at radius 3 is 2.65 bits per heavy atom. The number of rotatable bonds is 6. The van der Waals surface area contributed by atoms with Crippen molar-refractivity contribution < 1.29 is 27.5 Å². The third-order valence-corrected chi connectivity index (χ3v) is 8.09. The molecule has 0 radical (unpaired) electrons. The summed E-state index contributed by atoms with van der Waals surface area (Å²) in [6, 6.07) is 8.99. The Balaban J connectivity index is 1.45. The summed E-state index contributed by atoms with van der Waals surface area (Å²) in [6.07, 6.45) is -3.16. The number of amides is 1. The highest BCUT2D eigenvalue weighted by Crippen LogP contribution is 2.40. The lowest BCUT2D eigenvalue weighted by Crippen LogP contribution is -2.49. The number of alkyl halides is 3. The van der Waals surface area contributed by atoms with Gasteiger partial charge in [-0.25, -0.2) is 0 Å². The fourth-order valence-corrected chi connectivity index (χ4v) is 5.95. The van der Waals surface area contributed by atoms with Crippen LogP contribution in [0.25, 0.3) is 16.5 Å². The van der Waals surface area contributed by atoms with E-state index in [0.29, 0.717) is 49.1 Å². The Bertz CT molecular complexity index is 1510. The maximum absolute atomic E-state index is 13.9. The van der Waals surface area contributed by atoms with E-state index in [1.807, 2.05) is 9.80 Å². The lowest BCUT2D eigenvalue weighted by molar-refractivity contribution is -0.144. The van der Waals surface area contributed by atoms with Crippen molar-refractivity contribution in [2.45, 2.75) is 19.5 Å². The van der Waals surface area contributed by atoms with Gasteiger partial charge in [0.15, 0.2) is 5.17 Å². The molecule has 1 saturated heterocycles. The SMILES string of the molecule is CCOC(=O)CN1CCN(C2=NC(=O)C(=C(Cc3ccc(Cl)cc3C(F)(F)F)c3ccc4[nH]ncc4c3)S2)CC1. The Kier molecular flexibility index (Phi) is 8.20. The molecular formula is C27H25ClF3N5O3S. The third kappa shape index (κ3) is 6.18. The van der Waals surface area contributed by atoms with E-state index in [4.69, 9.17) is 16.3 Å². The predicted molar refractivity (Wildman–Crippen MR) is 148 cm³/mol. The van der Waals surface area contributed by atoms with Crippen LogP contribution in [0, 0.1) is 0 Å². The first-order valence-corrected chi connectivity index (χ1v) is 13.8. The molecule has 2 aromatic carbocycles. The number of fused-ring (bicyclic) bond motifs is 1. The lowest BCUT2D eigenvalue weighted by atomic mass is 9.93.